The van der Waals surface area contributed by atoms with E-state index in [1.54, 1.807) is 13.0 Å². The number of hydrogen-bond acceptors (Lipinski definition) is 5. The van der Waals surface area contributed by atoms with Crippen LogP contribution in [-0.4, -0.2) is 65.8 Å². The number of benzene rings is 1. The van der Waals surface area contributed by atoms with E-state index in [-0.39, 0.29) is 5.91 Å². The molecule has 24 heavy (non-hydrogen) atoms. The first kappa shape index (κ1) is 18.1. The summed E-state index contributed by atoms with van der Waals surface area (Å²) in [7, 11) is -3.66. The lowest BCUT2D eigenvalue weighted by Gasteiger charge is -2.31. The third kappa shape index (κ3) is 3.47. The summed E-state index contributed by atoms with van der Waals surface area (Å²) in [4.78, 5) is 15.0. The van der Waals surface area contributed by atoms with Crippen LogP contribution in [0, 0.1) is 13.8 Å². The second-order valence-electron chi connectivity index (χ2n) is 6.11. The molecule has 1 atom stereocenters. The number of amides is 1. The van der Waals surface area contributed by atoms with E-state index in [1.807, 2.05) is 35.7 Å². The Morgan fingerprint density at radius 2 is 1.88 bits per heavy atom. The Hall–Kier alpha value is -0.700. The molecule has 2 aliphatic rings. The summed E-state index contributed by atoms with van der Waals surface area (Å²) in [5, 5.41) is 0. The van der Waals surface area contributed by atoms with Crippen molar-refractivity contribution in [2.24, 2.45) is 0 Å². The van der Waals surface area contributed by atoms with Gasteiger partial charge >= 0.3 is 0 Å². The van der Waals surface area contributed by atoms with Gasteiger partial charge in [-0.1, -0.05) is 12.1 Å². The molecule has 8 heteroatoms. The van der Waals surface area contributed by atoms with E-state index in [1.165, 1.54) is 16.1 Å². The molecule has 1 aromatic rings. The minimum atomic E-state index is -3.66. The number of hydrogen-bond donors (Lipinski definition) is 0. The third-order valence-electron chi connectivity index (χ3n) is 4.38. The van der Waals surface area contributed by atoms with Gasteiger partial charge in [-0.3, -0.25) is 4.79 Å². The first-order valence-corrected chi connectivity index (χ1v) is 11.7. The number of aryl methyl sites for hydroxylation is 2. The fraction of sp³-hybridized carbons (Fsp3) is 0.562. The zero-order chi connectivity index (χ0) is 17.3. The predicted molar refractivity (Wildman–Crippen MR) is 100.0 cm³/mol. The Balaban J connectivity index is 1.89. The minimum Gasteiger partial charge on any atom is -0.340 e. The second-order valence-corrected chi connectivity index (χ2v) is 10.2. The van der Waals surface area contributed by atoms with Gasteiger partial charge in [0.2, 0.25) is 15.9 Å². The number of rotatable bonds is 3. The SMILES string of the molecule is Cc1ccc(C)c(S(=O)(=O)N2CSCC2C(=O)N2CCSCC2)c1. The zero-order valence-corrected chi connectivity index (χ0v) is 16.3. The molecule has 1 amide bonds. The monoisotopic (exact) mass is 386 g/mol. The van der Waals surface area contributed by atoms with Gasteiger partial charge in [0.1, 0.15) is 6.04 Å². The van der Waals surface area contributed by atoms with Crippen LogP contribution in [-0.2, 0) is 14.8 Å². The normalized spacial score (nSPS) is 22.8. The van der Waals surface area contributed by atoms with Gasteiger partial charge in [0.05, 0.1) is 10.8 Å². The van der Waals surface area contributed by atoms with Crippen LogP contribution >= 0.6 is 23.5 Å². The minimum absolute atomic E-state index is 0.0471. The summed E-state index contributed by atoms with van der Waals surface area (Å²) in [6.45, 7) is 5.10. The molecule has 2 heterocycles. The fourth-order valence-corrected chi connectivity index (χ4v) is 7.31. The lowest BCUT2D eigenvalue weighted by Crippen LogP contribution is -2.51. The number of carbonyl (C=O) groups excluding carboxylic acids is 1. The van der Waals surface area contributed by atoms with E-state index >= 15 is 0 Å². The summed E-state index contributed by atoms with van der Waals surface area (Å²) < 4.78 is 27.7. The van der Waals surface area contributed by atoms with Crippen molar-refractivity contribution in [1.29, 1.82) is 0 Å². The van der Waals surface area contributed by atoms with Crippen LogP contribution in [0.25, 0.3) is 0 Å². The van der Waals surface area contributed by atoms with Crippen LogP contribution < -0.4 is 0 Å². The first-order chi connectivity index (χ1) is 11.4. The van der Waals surface area contributed by atoms with Crippen LogP contribution in [0.5, 0.6) is 0 Å². The van der Waals surface area contributed by atoms with E-state index in [9.17, 15) is 13.2 Å². The Bertz CT molecular complexity index is 730. The molecule has 5 nitrogen and oxygen atoms in total. The lowest BCUT2D eigenvalue weighted by molar-refractivity contribution is -0.133. The highest BCUT2D eigenvalue weighted by molar-refractivity contribution is 8.00. The molecule has 2 saturated heterocycles. The lowest BCUT2D eigenvalue weighted by atomic mass is 10.2. The average Bonchev–Trinajstić information content (AvgIpc) is 3.07. The topological polar surface area (TPSA) is 57.7 Å². The van der Waals surface area contributed by atoms with Crippen molar-refractivity contribution in [3.63, 3.8) is 0 Å². The van der Waals surface area contributed by atoms with Crippen molar-refractivity contribution in [2.75, 3.05) is 36.2 Å². The molecule has 132 valence electrons. The van der Waals surface area contributed by atoms with Gasteiger partial charge in [-0.15, -0.1) is 11.8 Å². The van der Waals surface area contributed by atoms with E-state index in [2.05, 4.69) is 0 Å². The molecule has 0 aliphatic carbocycles. The Kier molecular flexibility index (Phi) is 5.48. The molecule has 0 bridgehead atoms. The Morgan fingerprint density at radius 3 is 2.58 bits per heavy atom. The molecule has 3 rings (SSSR count). The van der Waals surface area contributed by atoms with Crippen molar-refractivity contribution in [2.45, 2.75) is 24.8 Å². The zero-order valence-electron chi connectivity index (χ0n) is 13.9. The van der Waals surface area contributed by atoms with Crippen molar-refractivity contribution in [3.05, 3.63) is 29.3 Å². The second kappa shape index (κ2) is 7.27. The third-order valence-corrected chi connectivity index (χ3v) is 8.49. The first-order valence-electron chi connectivity index (χ1n) is 7.94. The standard InChI is InChI=1S/C16H22N2O3S3/c1-12-3-4-13(2)15(9-12)24(20,21)18-11-23-10-14(18)16(19)17-5-7-22-8-6-17/h3-4,9,14H,5-8,10-11H2,1-2H3. The van der Waals surface area contributed by atoms with Gasteiger partial charge in [-0.2, -0.15) is 16.1 Å². The number of nitrogens with zero attached hydrogens (tertiary/aromatic N) is 2. The number of sulfonamides is 1. The van der Waals surface area contributed by atoms with Crippen LogP contribution in [0.3, 0.4) is 0 Å². The Labute approximate surface area is 152 Å². The molecule has 0 spiro atoms. The van der Waals surface area contributed by atoms with Gasteiger partial charge in [0, 0.05) is 30.3 Å². The molecular formula is C16H22N2O3S3. The summed E-state index contributed by atoms with van der Waals surface area (Å²) >= 11 is 3.34. The maximum Gasteiger partial charge on any atom is 0.244 e. The summed E-state index contributed by atoms with van der Waals surface area (Å²) in [5.74, 6) is 2.68. The molecule has 0 N–H and O–H groups in total. The maximum absolute atomic E-state index is 13.1. The molecule has 1 aromatic carbocycles. The van der Waals surface area contributed by atoms with Gasteiger partial charge < -0.3 is 4.90 Å². The highest BCUT2D eigenvalue weighted by Gasteiger charge is 2.42. The molecule has 2 aliphatic heterocycles. The van der Waals surface area contributed by atoms with Crippen molar-refractivity contribution in [1.82, 2.24) is 9.21 Å². The van der Waals surface area contributed by atoms with E-state index < -0.39 is 16.1 Å². The molecule has 0 aromatic heterocycles. The van der Waals surface area contributed by atoms with E-state index in [4.69, 9.17) is 0 Å². The molecule has 1 unspecified atom stereocenters. The highest BCUT2D eigenvalue weighted by Crippen LogP contribution is 2.31. The van der Waals surface area contributed by atoms with Gasteiger partial charge in [0.25, 0.3) is 0 Å². The fourth-order valence-electron chi connectivity index (χ4n) is 2.96. The van der Waals surface area contributed by atoms with Crippen LogP contribution in [0.1, 0.15) is 11.1 Å². The number of thioether (sulfide) groups is 2. The van der Waals surface area contributed by atoms with Crippen LogP contribution in [0.4, 0.5) is 0 Å². The maximum atomic E-state index is 13.1. The molecular weight excluding hydrogens is 364 g/mol. The summed E-state index contributed by atoms with van der Waals surface area (Å²) in [6.07, 6.45) is 0. The van der Waals surface area contributed by atoms with E-state index in [0.29, 0.717) is 29.6 Å². The average molecular weight is 387 g/mol. The van der Waals surface area contributed by atoms with Crippen LogP contribution in [0.15, 0.2) is 23.1 Å². The van der Waals surface area contributed by atoms with Crippen molar-refractivity contribution < 1.29 is 13.2 Å². The molecule has 0 saturated carbocycles. The van der Waals surface area contributed by atoms with Gasteiger partial charge in [-0.25, -0.2) is 8.42 Å². The predicted octanol–water partition coefficient (Wildman–Crippen LogP) is 1.94. The molecule has 2 fully saturated rings. The van der Waals surface area contributed by atoms with Gasteiger partial charge in [-0.05, 0) is 31.0 Å². The summed E-state index contributed by atoms with van der Waals surface area (Å²) in [5.41, 5.74) is 1.63. The highest BCUT2D eigenvalue weighted by atomic mass is 32.2. The van der Waals surface area contributed by atoms with Crippen molar-refractivity contribution >= 4 is 39.5 Å². The summed E-state index contributed by atoms with van der Waals surface area (Å²) in [6, 6.07) is 4.85. The number of carbonyl (C=O) groups is 1. The van der Waals surface area contributed by atoms with Gasteiger partial charge in [0.15, 0.2) is 0 Å². The smallest absolute Gasteiger partial charge is 0.244 e. The molecule has 0 radical (unpaired) electrons. The largest absolute Gasteiger partial charge is 0.340 e. The van der Waals surface area contributed by atoms with Crippen LogP contribution in [0.2, 0.25) is 0 Å². The van der Waals surface area contributed by atoms with E-state index in [0.717, 1.165) is 22.6 Å². The Morgan fingerprint density at radius 1 is 1.17 bits per heavy atom. The van der Waals surface area contributed by atoms with Crippen molar-refractivity contribution in [3.8, 4) is 0 Å². The quantitative estimate of drug-likeness (QED) is 0.795.